The Labute approximate surface area is 199 Å². The second kappa shape index (κ2) is 8.60. The van der Waals surface area contributed by atoms with E-state index in [2.05, 4.69) is 30.5 Å². The topological polar surface area (TPSA) is 121 Å². The van der Waals surface area contributed by atoms with Gasteiger partial charge >= 0.3 is 0 Å². The van der Waals surface area contributed by atoms with Gasteiger partial charge in [-0.1, -0.05) is 23.7 Å². The molecule has 172 valence electrons. The number of nitrogens with one attached hydrogen (secondary N) is 4. The van der Waals surface area contributed by atoms with Gasteiger partial charge in [-0.3, -0.25) is 9.89 Å². The van der Waals surface area contributed by atoms with E-state index in [-0.39, 0.29) is 5.91 Å². The van der Waals surface area contributed by atoms with Gasteiger partial charge in [0.05, 0.1) is 42.7 Å². The van der Waals surface area contributed by atoms with Crippen LogP contribution < -0.4 is 14.8 Å². The van der Waals surface area contributed by atoms with Crippen molar-refractivity contribution in [2.75, 3.05) is 19.5 Å². The van der Waals surface area contributed by atoms with E-state index < -0.39 is 0 Å². The Morgan fingerprint density at radius 2 is 1.76 bits per heavy atom. The maximum atomic E-state index is 13.1. The quantitative estimate of drug-likeness (QED) is 0.269. The van der Waals surface area contributed by atoms with Crippen molar-refractivity contribution in [2.45, 2.75) is 6.92 Å². The molecule has 0 saturated heterocycles. The Bertz CT molecular complexity index is 1460. The normalized spacial score (nSPS) is 11.1. The Balaban J connectivity index is 1.43. The molecule has 34 heavy (non-hydrogen) atoms. The van der Waals surface area contributed by atoms with Crippen molar-refractivity contribution in [3.63, 3.8) is 0 Å². The van der Waals surface area contributed by atoms with E-state index in [4.69, 9.17) is 21.1 Å². The molecular weight excluding hydrogens is 456 g/mol. The van der Waals surface area contributed by atoms with E-state index in [0.29, 0.717) is 44.8 Å². The van der Waals surface area contributed by atoms with Gasteiger partial charge in [0, 0.05) is 28.5 Å². The molecule has 0 radical (unpaired) electrons. The van der Waals surface area contributed by atoms with Crippen LogP contribution in [0, 0.1) is 6.92 Å². The smallest absolute Gasteiger partial charge is 0.257 e. The molecule has 3 heterocycles. The molecule has 0 bridgehead atoms. The van der Waals surface area contributed by atoms with Crippen LogP contribution >= 0.6 is 11.6 Å². The third-order valence-electron chi connectivity index (χ3n) is 5.53. The van der Waals surface area contributed by atoms with Gasteiger partial charge in [0.2, 0.25) is 0 Å². The van der Waals surface area contributed by atoms with Gasteiger partial charge in [-0.15, -0.1) is 0 Å². The molecule has 4 N–H and O–H groups in total. The van der Waals surface area contributed by atoms with Gasteiger partial charge in [-0.05, 0) is 30.7 Å². The minimum atomic E-state index is -0.268. The standard InChI is InChI=1S/C24H21ClN6O3/c1-12-15(8-16(27-12)13-4-6-14(25)7-5-13)24(32)30-19-11-26-31-22(19)23-28-17-9-20(33-2)21(34-3)10-18(17)29-23/h4-11,27H,1-3H3,(H,26,31)(H,28,29)(H,30,32). The zero-order valence-corrected chi connectivity index (χ0v) is 19.4. The van der Waals surface area contributed by atoms with E-state index in [9.17, 15) is 4.79 Å². The van der Waals surface area contributed by atoms with Gasteiger partial charge in [0.15, 0.2) is 17.3 Å². The van der Waals surface area contributed by atoms with E-state index in [0.717, 1.165) is 22.5 Å². The lowest BCUT2D eigenvalue weighted by Gasteiger charge is -2.06. The zero-order valence-electron chi connectivity index (χ0n) is 18.6. The number of methoxy groups -OCH3 is 2. The van der Waals surface area contributed by atoms with E-state index in [1.807, 2.05) is 37.3 Å². The van der Waals surface area contributed by atoms with Crippen molar-refractivity contribution in [3.8, 4) is 34.3 Å². The van der Waals surface area contributed by atoms with Crippen molar-refractivity contribution in [3.05, 3.63) is 64.9 Å². The lowest BCUT2D eigenvalue weighted by atomic mass is 10.1. The molecule has 0 atom stereocenters. The summed E-state index contributed by atoms with van der Waals surface area (Å²) in [5.41, 5.74) is 5.52. The summed E-state index contributed by atoms with van der Waals surface area (Å²) in [6, 6.07) is 12.8. The highest BCUT2D eigenvalue weighted by Crippen LogP contribution is 2.33. The third-order valence-corrected chi connectivity index (χ3v) is 5.78. The number of H-pyrrole nitrogens is 3. The number of imidazole rings is 1. The van der Waals surface area contributed by atoms with Crippen molar-refractivity contribution in [2.24, 2.45) is 0 Å². The fourth-order valence-electron chi connectivity index (χ4n) is 3.79. The number of hydrogen-bond acceptors (Lipinski definition) is 5. The number of fused-ring (bicyclic) bond motifs is 1. The molecule has 3 aromatic heterocycles. The molecule has 0 fully saturated rings. The predicted molar refractivity (Wildman–Crippen MR) is 131 cm³/mol. The monoisotopic (exact) mass is 476 g/mol. The van der Waals surface area contributed by atoms with E-state index in [1.165, 1.54) is 0 Å². The molecule has 2 aromatic carbocycles. The summed E-state index contributed by atoms with van der Waals surface area (Å²) < 4.78 is 10.7. The largest absolute Gasteiger partial charge is 0.493 e. The number of nitrogens with zero attached hydrogens (tertiary/aromatic N) is 2. The van der Waals surface area contributed by atoms with Crippen LogP contribution in [0.4, 0.5) is 5.69 Å². The number of aromatic amines is 3. The number of hydrogen-bond donors (Lipinski definition) is 4. The van der Waals surface area contributed by atoms with Crippen LogP contribution in [0.15, 0.2) is 48.7 Å². The molecular formula is C24H21ClN6O3. The summed E-state index contributed by atoms with van der Waals surface area (Å²) in [7, 11) is 3.14. The number of aromatic nitrogens is 5. The number of amides is 1. The minimum absolute atomic E-state index is 0.268. The van der Waals surface area contributed by atoms with Crippen molar-refractivity contribution in [1.82, 2.24) is 25.1 Å². The average Bonchev–Trinajstić information content (AvgIpc) is 3.56. The summed E-state index contributed by atoms with van der Waals surface area (Å²) >= 11 is 5.98. The van der Waals surface area contributed by atoms with Crippen LogP contribution in [0.25, 0.3) is 33.8 Å². The molecule has 0 aliphatic heterocycles. The molecule has 9 nitrogen and oxygen atoms in total. The lowest BCUT2D eigenvalue weighted by molar-refractivity contribution is 0.102. The fraction of sp³-hybridized carbons (Fsp3) is 0.125. The number of benzene rings is 2. The summed E-state index contributed by atoms with van der Waals surface area (Å²) in [6.07, 6.45) is 1.55. The van der Waals surface area contributed by atoms with Crippen molar-refractivity contribution >= 4 is 34.2 Å². The number of carbonyl (C=O) groups excluding carboxylic acids is 1. The van der Waals surface area contributed by atoms with Gasteiger partial charge in [-0.2, -0.15) is 5.10 Å². The SMILES string of the molecule is COc1cc2nc(-c3[nH]ncc3NC(=O)c3cc(-c4ccc(Cl)cc4)[nH]c3C)[nH]c2cc1OC. The van der Waals surface area contributed by atoms with Crippen LogP contribution in [0.2, 0.25) is 5.02 Å². The summed E-state index contributed by atoms with van der Waals surface area (Å²) in [5, 5.41) is 10.6. The number of rotatable bonds is 6. The number of anilines is 1. The highest BCUT2D eigenvalue weighted by atomic mass is 35.5. The molecule has 0 aliphatic carbocycles. The second-order valence-electron chi connectivity index (χ2n) is 7.65. The van der Waals surface area contributed by atoms with Crippen LogP contribution in [-0.4, -0.2) is 45.3 Å². The molecule has 0 aliphatic rings. The Kier molecular flexibility index (Phi) is 5.46. The Morgan fingerprint density at radius 3 is 2.50 bits per heavy atom. The molecule has 10 heteroatoms. The van der Waals surface area contributed by atoms with Gasteiger partial charge < -0.3 is 24.8 Å². The first-order valence-corrected chi connectivity index (χ1v) is 10.8. The highest BCUT2D eigenvalue weighted by molar-refractivity contribution is 6.30. The first kappa shape index (κ1) is 21.6. The zero-order chi connectivity index (χ0) is 23.8. The second-order valence-corrected chi connectivity index (χ2v) is 8.09. The summed E-state index contributed by atoms with van der Waals surface area (Å²) in [5.74, 6) is 1.41. The molecule has 1 amide bonds. The first-order chi connectivity index (χ1) is 16.5. The number of carbonyl (C=O) groups is 1. The van der Waals surface area contributed by atoms with Crippen molar-refractivity contribution in [1.29, 1.82) is 0 Å². The average molecular weight is 477 g/mol. The fourth-order valence-corrected chi connectivity index (χ4v) is 3.91. The third kappa shape index (κ3) is 3.86. The molecule has 5 aromatic rings. The summed E-state index contributed by atoms with van der Waals surface area (Å²) in [6.45, 7) is 1.85. The Morgan fingerprint density at radius 1 is 1.03 bits per heavy atom. The number of halogens is 1. The van der Waals surface area contributed by atoms with Gasteiger partial charge in [-0.25, -0.2) is 4.98 Å². The predicted octanol–water partition coefficient (Wildman–Crippen LogP) is 5.18. The van der Waals surface area contributed by atoms with Crippen molar-refractivity contribution < 1.29 is 14.3 Å². The van der Waals surface area contributed by atoms with E-state index >= 15 is 0 Å². The van der Waals surface area contributed by atoms with Gasteiger partial charge in [0.1, 0.15) is 5.69 Å². The highest BCUT2D eigenvalue weighted by Gasteiger charge is 2.19. The maximum absolute atomic E-state index is 13.1. The van der Waals surface area contributed by atoms with E-state index in [1.54, 1.807) is 32.5 Å². The molecule has 0 saturated carbocycles. The molecule has 0 spiro atoms. The number of ether oxygens (including phenoxy) is 2. The van der Waals surface area contributed by atoms with Crippen LogP contribution in [0.5, 0.6) is 11.5 Å². The van der Waals surface area contributed by atoms with Crippen LogP contribution in [0.1, 0.15) is 16.1 Å². The summed E-state index contributed by atoms with van der Waals surface area (Å²) in [4.78, 5) is 24.2. The Hall–Kier alpha value is -4.24. The maximum Gasteiger partial charge on any atom is 0.257 e. The minimum Gasteiger partial charge on any atom is -0.493 e. The molecule has 0 unspecified atom stereocenters. The first-order valence-electron chi connectivity index (χ1n) is 10.4. The van der Waals surface area contributed by atoms with Gasteiger partial charge in [0.25, 0.3) is 5.91 Å². The lowest BCUT2D eigenvalue weighted by Crippen LogP contribution is -2.12. The molecule has 5 rings (SSSR count). The van der Waals surface area contributed by atoms with Crippen LogP contribution in [-0.2, 0) is 0 Å². The van der Waals surface area contributed by atoms with Crippen LogP contribution in [0.3, 0.4) is 0 Å². The number of aryl methyl sites for hydroxylation is 1.